The number of piperidine rings is 1. The highest BCUT2D eigenvalue weighted by molar-refractivity contribution is 9.10. The number of ether oxygens (including phenoxy) is 1. The van der Waals surface area contributed by atoms with E-state index in [1.807, 2.05) is 26.8 Å². The predicted octanol–water partition coefficient (Wildman–Crippen LogP) is 4.89. The van der Waals surface area contributed by atoms with E-state index in [-0.39, 0.29) is 11.6 Å². The Morgan fingerprint density at radius 3 is 2.73 bits per heavy atom. The molecule has 1 aliphatic rings. The third kappa shape index (κ3) is 4.93. The van der Waals surface area contributed by atoms with Gasteiger partial charge in [0.15, 0.2) is 5.82 Å². The summed E-state index contributed by atoms with van der Waals surface area (Å²) in [7, 11) is 0. The molecule has 4 rings (SSSR count). The van der Waals surface area contributed by atoms with E-state index in [0.717, 1.165) is 23.7 Å². The van der Waals surface area contributed by atoms with Gasteiger partial charge in [0.2, 0.25) is 0 Å². The lowest BCUT2D eigenvalue weighted by atomic mass is 10.0. The molecule has 10 heteroatoms. The normalized spacial score (nSPS) is 14.8. The van der Waals surface area contributed by atoms with E-state index in [4.69, 9.17) is 15.0 Å². The van der Waals surface area contributed by atoms with E-state index >= 15 is 0 Å². The summed E-state index contributed by atoms with van der Waals surface area (Å²) in [4.78, 5) is 19.1. The average Bonchev–Trinajstić information content (AvgIpc) is 3.24. The molecule has 0 atom stereocenters. The number of benzene rings is 1. The molecule has 2 N–H and O–H groups in total. The lowest BCUT2D eigenvalue weighted by Crippen LogP contribution is -2.46. The first-order valence-electron chi connectivity index (χ1n) is 10.6. The van der Waals surface area contributed by atoms with E-state index in [2.05, 4.69) is 36.3 Å². The number of anilines is 1. The van der Waals surface area contributed by atoms with Gasteiger partial charge in [0.05, 0.1) is 21.9 Å². The number of halogens is 2. The van der Waals surface area contributed by atoms with E-state index in [0.29, 0.717) is 34.6 Å². The molecule has 0 unspecified atom stereocenters. The van der Waals surface area contributed by atoms with Crippen LogP contribution in [0.3, 0.4) is 0 Å². The van der Waals surface area contributed by atoms with Crippen molar-refractivity contribution in [1.29, 1.82) is 5.26 Å². The molecule has 1 aliphatic heterocycles. The fourth-order valence-electron chi connectivity index (χ4n) is 3.84. The Hall–Kier alpha value is -3.19. The van der Waals surface area contributed by atoms with Gasteiger partial charge in [-0.15, -0.1) is 0 Å². The minimum Gasteiger partial charge on any atom is -0.444 e. The maximum atomic E-state index is 14.3. The Bertz CT molecular complexity index is 1240. The highest BCUT2D eigenvalue weighted by atomic mass is 79.9. The number of nitrogens with one attached hydrogen (secondary N) is 2. The summed E-state index contributed by atoms with van der Waals surface area (Å²) in [6.45, 7) is 6.85. The Morgan fingerprint density at radius 1 is 1.36 bits per heavy atom. The number of amides is 1. The number of nitrogens with zero attached hydrogens (tertiary/aromatic N) is 4. The quantitative estimate of drug-likeness (QED) is 0.515. The summed E-state index contributed by atoms with van der Waals surface area (Å²) < 4.78 is 20.3. The van der Waals surface area contributed by atoms with Crippen molar-refractivity contribution >= 4 is 38.7 Å². The first-order chi connectivity index (χ1) is 15.7. The molecule has 1 aromatic carbocycles. The molecule has 0 aliphatic carbocycles. The van der Waals surface area contributed by atoms with Gasteiger partial charge in [0, 0.05) is 30.1 Å². The molecule has 8 nitrogen and oxygen atoms in total. The molecule has 0 radical (unpaired) electrons. The zero-order valence-corrected chi connectivity index (χ0v) is 20.2. The Labute approximate surface area is 199 Å². The maximum absolute atomic E-state index is 14.3. The van der Waals surface area contributed by atoms with Gasteiger partial charge in [0.25, 0.3) is 0 Å². The van der Waals surface area contributed by atoms with Crippen LogP contribution >= 0.6 is 15.9 Å². The third-order valence-electron chi connectivity index (χ3n) is 5.40. The molecule has 1 amide bonds. The second kappa shape index (κ2) is 8.98. The number of hydrogen-bond acceptors (Lipinski definition) is 6. The fourth-order valence-corrected chi connectivity index (χ4v) is 4.46. The van der Waals surface area contributed by atoms with Gasteiger partial charge >= 0.3 is 6.09 Å². The monoisotopic (exact) mass is 514 g/mol. The van der Waals surface area contributed by atoms with Gasteiger partial charge in [-0.05, 0) is 61.7 Å². The minimum atomic E-state index is -0.591. The van der Waals surface area contributed by atoms with E-state index in [1.54, 1.807) is 12.3 Å². The number of fused-ring (bicyclic) bond motifs is 1. The lowest BCUT2D eigenvalue weighted by Gasteiger charge is -2.34. The first kappa shape index (κ1) is 23.0. The summed E-state index contributed by atoms with van der Waals surface area (Å²) in [5.41, 5.74) is 1.34. The molecule has 2 aromatic heterocycles. The van der Waals surface area contributed by atoms with E-state index < -0.39 is 17.5 Å². The van der Waals surface area contributed by atoms with Crippen LogP contribution in [0.2, 0.25) is 0 Å². The van der Waals surface area contributed by atoms with Crippen molar-refractivity contribution < 1.29 is 13.9 Å². The van der Waals surface area contributed by atoms with Crippen LogP contribution in [0.25, 0.3) is 22.2 Å². The highest BCUT2D eigenvalue weighted by Crippen LogP contribution is 2.38. The molecule has 3 heterocycles. The van der Waals surface area contributed by atoms with Gasteiger partial charge in [0.1, 0.15) is 23.0 Å². The number of nitriles is 1. The summed E-state index contributed by atoms with van der Waals surface area (Å²) in [6, 6.07) is 6.30. The molecule has 1 fully saturated rings. The third-order valence-corrected chi connectivity index (χ3v) is 6.21. The molecule has 3 aromatic rings. The average molecular weight is 515 g/mol. The Morgan fingerprint density at radius 2 is 2.09 bits per heavy atom. The molecular formula is C23H24BrFN6O2. The molecule has 172 valence electrons. The number of carbonyl (C=O) groups is 1. The Kier molecular flexibility index (Phi) is 6.26. The SMILES string of the molecule is CC(C)(C)OC(=O)NC1CCN(c2nc(-c3ccc(C#N)c(F)c3)c(Br)c3cn[nH]c23)CC1. The zero-order valence-electron chi connectivity index (χ0n) is 18.6. The van der Waals surface area contributed by atoms with Crippen molar-refractivity contribution in [1.82, 2.24) is 20.5 Å². The fraction of sp³-hybridized carbons (Fsp3) is 0.391. The van der Waals surface area contributed by atoms with Crippen LogP contribution in [-0.4, -0.2) is 46.0 Å². The van der Waals surface area contributed by atoms with Crippen LogP contribution in [-0.2, 0) is 4.74 Å². The summed E-state index contributed by atoms with van der Waals surface area (Å²) >= 11 is 3.59. The van der Waals surface area contributed by atoms with Crippen LogP contribution in [0.15, 0.2) is 28.9 Å². The van der Waals surface area contributed by atoms with E-state index in [9.17, 15) is 9.18 Å². The van der Waals surface area contributed by atoms with Gasteiger partial charge < -0.3 is 15.0 Å². The molecule has 33 heavy (non-hydrogen) atoms. The highest BCUT2D eigenvalue weighted by Gasteiger charge is 2.27. The van der Waals surface area contributed by atoms with Crippen molar-refractivity contribution in [3.8, 4) is 17.3 Å². The number of pyridine rings is 1. The van der Waals surface area contributed by atoms with Crippen molar-refractivity contribution in [2.75, 3.05) is 18.0 Å². The number of alkyl carbamates (subject to hydrolysis) is 1. The number of aromatic nitrogens is 3. The number of hydrogen-bond donors (Lipinski definition) is 2. The standard InChI is InChI=1S/C23H24BrFN6O2/c1-23(2,3)33-22(32)28-15-6-8-31(9-7-15)21-20-16(12-27-30-20)18(24)19(29-21)13-4-5-14(11-26)17(25)10-13/h4-5,10,12,15H,6-9H2,1-3H3,(H,27,30)(H,28,32). The molecule has 0 bridgehead atoms. The summed E-state index contributed by atoms with van der Waals surface area (Å²) in [5, 5.41) is 20.0. The van der Waals surface area contributed by atoms with Crippen molar-refractivity contribution in [2.45, 2.75) is 45.3 Å². The predicted molar refractivity (Wildman–Crippen MR) is 126 cm³/mol. The molecular weight excluding hydrogens is 491 g/mol. The second-order valence-electron chi connectivity index (χ2n) is 8.97. The number of rotatable bonds is 3. The zero-order chi connectivity index (χ0) is 23.8. The van der Waals surface area contributed by atoms with Crippen LogP contribution in [0, 0.1) is 17.1 Å². The number of H-pyrrole nitrogens is 1. The van der Waals surface area contributed by atoms with Crippen molar-refractivity contribution in [3.05, 3.63) is 40.2 Å². The number of carbonyl (C=O) groups excluding carboxylic acids is 1. The van der Waals surface area contributed by atoms with Gasteiger partial charge in [-0.2, -0.15) is 10.4 Å². The Balaban J connectivity index is 1.59. The summed E-state index contributed by atoms with van der Waals surface area (Å²) in [6.07, 6.45) is 2.75. The number of aromatic amines is 1. The topological polar surface area (TPSA) is 107 Å². The van der Waals surface area contributed by atoms with Gasteiger partial charge in [-0.3, -0.25) is 5.10 Å². The van der Waals surface area contributed by atoms with Crippen LogP contribution in [0.5, 0.6) is 0 Å². The molecule has 0 spiro atoms. The van der Waals surface area contributed by atoms with Crippen LogP contribution in [0.4, 0.5) is 15.0 Å². The largest absolute Gasteiger partial charge is 0.444 e. The minimum absolute atomic E-state index is 0.0101. The first-order valence-corrected chi connectivity index (χ1v) is 11.4. The van der Waals surface area contributed by atoms with Gasteiger partial charge in [-0.25, -0.2) is 14.2 Å². The van der Waals surface area contributed by atoms with Crippen LogP contribution < -0.4 is 10.2 Å². The second-order valence-corrected chi connectivity index (χ2v) is 9.76. The van der Waals surface area contributed by atoms with Gasteiger partial charge in [-0.1, -0.05) is 6.07 Å². The summed E-state index contributed by atoms with van der Waals surface area (Å²) in [5.74, 6) is 0.118. The molecule has 0 saturated carbocycles. The molecule has 1 saturated heterocycles. The lowest BCUT2D eigenvalue weighted by molar-refractivity contribution is 0.0497. The van der Waals surface area contributed by atoms with Crippen LogP contribution in [0.1, 0.15) is 39.2 Å². The maximum Gasteiger partial charge on any atom is 0.407 e. The van der Waals surface area contributed by atoms with Crippen molar-refractivity contribution in [3.63, 3.8) is 0 Å². The van der Waals surface area contributed by atoms with Crippen molar-refractivity contribution in [2.24, 2.45) is 0 Å². The van der Waals surface area contributed by atoms with E-state index in [1.165, 1.54) is 12.1 Å². The smallest absolute Gasteiger partial charge is 0.407 e.